The Morgan fingerprint density at radius 1 is 0.575 bits per heavy atom. The minimum Gasteiger partial charge on any atom is -0.458 e. The predicted molar refractivity (Wildman–Crippen MR) is 303 cm³/mol. The van der Waals surface area contributed by atoms with Crippen LogP contribution in [0.1, 0.15) is 258 Å². The molecule has 2 heterocycles. The molecule has 0 radical (unpaired) electrons. The maximum atomic E-state index is 15.5. The Morgan fingerprint density at radius 2 is 0.932 bits per heavy atom. The lowest BCUT2D eigenvalue weighted by molar-refractivity contribution is -0.164. The fourth-order valence-electron chi connectivity index (χ4n) is 13.2. The third-order valence-corrected chi connectivity index (χ3v) is 18.6. The number of allylic oxidation sites excluding steroid dienone is 1. The van der Waals surface area contributed by atoms with Crippen molar-refractivity contribution >= 4 is 41.5 Å². The van der Waals surface area contributed by atoms with Gasteiger partial charge in [-0.2, -0.15) is 0 Å². The van der Waals surface area contributed by atoms with E-state index in [0.717, 1.165) is 25.7 Å². The van der Waals surface area contributed by atoms with Crippen molar-refractivity contribution in [3.63, 3.8) is 0 Å². The van der Waals surface area contributed by atoms with E-state index in [4.69, 9.17) is 14.5 Å². The molecule has 10 heteroatoms. The van der Waals surface area contributed by atoms with Gasteiger partial charge >= 0.3 is 11.9 Å². The van der Waals surface area contributed by atoms with Crippen LogP contribution in [-0.2, 0) is 23.9 Å². The van der Waals surface area contributed by atoms with Crippen molar-refractivity contribution < 1.29 is 28.7 Å². The second-order valence-electron chi connectivity index (χ2n) is 28.2. The van der Waals surface area contributed by atoms with Gasteiger partial charge in [0.2, 0.25) is 11.8 Å². The van der Waals surface area contributed by atoms with Gasteiger partial charge in [0.25, 0.3) is 0 Å². The van der Waals surface area contributed by atoms with Crippen LogP contribution in [0, 0.1) is 73.9 Å². The van der Waals surface area contributed by atoms with Gasteiger partial charge in [-0.1, -0.05) is 166 Å². The molecule has 414 valence electrons. The molecule has 0 bridgehead atoms. The molecule has 1 aliphatic heterocycles. The minimum atomic E-state index is -0.665. The monoisotopic (exact) mass is 1010 g/mol. The van der Waals surface area contributed by atoms with Crippen molar-refractivity contribution in [2.24, 2.45) is 78.9 Å². The average molecular weight is 1020 g/mol. The number of amides is 2. The van der Waals surface area contributed by atoms with E-state index in [9.17, 15) is 9.59 Å². The number of aliphatic imine (C=N–C) groups is 1. The van der Waals surface area contributed by atoms with Crippen LogP contribution in [0.15, 0.2) is 21.8 Å². The van der Waals surface area contributed by atoms with Gasteiger partial charge in [-0.15, -0.1) is 0 Å². The second-order valence-corrected chi connectivity index (χ2v) is 28.2. The standard InChI is InChI=1S/C63H106N4O6/c1-25-62(26-2,27-3)56(70)66-52-48(54(68)72-50-40(58(13,14)15)31-38(11)32-41(50)59(16,17)18)46(36(7)8)44(64-52)35-45-47(37(9)10)49(53(65-45)67-57(71)63(28-4,29-5)30-6)55(69)73-51-42(60(19,20)21)33-39(12)34-43(51)61(22,23)24/h35-43,50-51,64H,25-34H2,1-24H3,(H,66,70)(H,65,67,71). The maximum absolute atomic E-state index is 15.5. The Morgan fingerprint density at radius 3 is 1.26 bits per heavy atom. The molecule has 10 nitrogen and oxygen atoms in total. The highest BCUT2D eigenvalue weighted by atomic mass is 16.5. The molecule has 4 atom stereocenters. The zero-order chi connectivity index (χ0) is 55.7. The lowest BCUT2D eigenvalue weighted by Crippen LogP contribution is -2.50. The van der Waals surface area contributed by atoms with E-state index in [1.165, 1.54) is 0 Å². The molecule has 3 aliphatic rings. The predicted octanol–water partition coefficient (Wildman–Crippen LogP) is 16.3. The number of esters is 2. The summed E-state index contributed by atoms with van der Waals surface area (Å²) in [4.78, 5) is 69.0. The fourth-order valence-corrected chi connectivity index (χ4v) is 13.2. The highest BCUT2D eigenvalue weighted by Crippen LogP contribution is 2.52. The number of ether oxygens (including phenoxy) is 2. The van der Waals surface area contributed by atoms with Crippen molar-refractivity contribution in [3.8, 4) is 0 Å². The molecule has 1 aromatic heterocycles. The second kappa shape index (κ2) is 23.3. The van der Waals surface area contributed by atoms with Crippen molar-refractivity contribution in [1.29, 1.82) is 0 Å². The molecule has 2 aliphatic carbocycles. The Labute approximate surface area is 445 Å². The van der Waals surface area contributed by atoms with E-state index < -0.39 is 22.8 Å². The molecule has 2 fully saturated rings. The first-order valence-electron chi connectivity index (χ1n) is 28.9. The van der Waals surface area contributed by atoms with E-state index in [2.05, 4.69) is 113 Å². The summed E-state index contributed by atoms with van der Waals surface area (Å²) in [6.07, 6.45) is 8.72. The van der Waals surface area contributed by atoms with Gasteiger partial charge in [0.05, 0.1) is 5.70 Å². The number of carbonyl (C=O) groups is 4. The van der Waals surface area contributed by atoms with Crippen LogP contribution < -0.4 is 10.6 Å². The third-order valence-electron chi connectivity index (χ3n) is 18.6. The number of H-pyrrole nitrogens is 1. The molecule has 73 heavy (non-hydrogen) atoms. The average Bonchev–Trinajstić information content (AvgIpc) is 3.82. The van der Waals surface area contributed by atoms with Gasteiger partial charge in [0.15, 0.2) is 0 Å². The lowest BCUT2D eigenvalue weighted by atomic mass is 9.59. The molecule has 2 saturated carbocycles. The summed E-state index contributed by atoms with van der Waals surface area (Å²) in [6.45, 7) is 52.0. The number of hydrogen-bond donors (Lipinski definition) is 3. The van der Waals surface area contributed by atoms with Crippen LogP contribution in [0.5, 0.6) is 0 Å². The SMILES string of the molecule is CCC(CC)(CC)C(=O)NC1=NC(=Cc2[nH]c(NC(=O)C(CC)(CC)CC)c(C(=O)OC3C(C(C)(C)C)CC(C)CC3C(C)(C)C)c2C(C)C)C(C(C)C)=C1C(=O)OC1C(C(C)(C)C)CC(C)CC1C(C)(C)C. The van der Waals surface area contributed by atoms with E-state index in [-0.39, 0.29) is 92.6 Å². The topological polar surface area (TPSA) is 139 Å². The normalized spacial score (nSPS) is 25.3. The van der Waals surface area contributed by atoms with Gasteiger partial charge in [0, 0.05) is 40.2 Å². The Hall–Kier alpha value is -3.69. The van der Waals surface area contributed by atoms with Crippen LogP contribution in [-0.4, -0.2) is 46.8 Å². The number of aromatic nitrogens is 1. The van der Waals surface area contributed by atoms with Crippen molar-refractivity contribution in [3.05, 3.63) is 33.7 Å². The molecule has 4 rings (SSSR count). The highest BCUT2D eigenvalue weighted by Gasteiger charge is 2.51. The van der Waals surface area contributed by atoms with Crippen LogP contribution >= 0.6 is 0 Å². The molecular weight excluding hydrogens is 909 g/mol. The van der Waals surface area contributed by atoms with Crippen LogP contribution in [0.4, 0.5) is 5.82 Å². The van der Waals surface area contributed by atoms with E-state index in [1.54, 1.807) is 0 Å². The fraction of sp³-hybridized carbons (Fsp3) is 0.794. The van der Waals surface area contributed by atoms with E-state index in [1.807, 2.05) is 75.3 Å². The zero-order valence-corrected chi connectivity index (χ0v) is 50.8. The Bertz CT molecular complexity index is 2150. The van der Waals surface area contributed by atoms with Crippen molar-refractivity contribution in [2.75, 3.05) is 5.32 Å². The summed E-state index contributed by atoms with van der Waals surface area (Å²) in [5, 5.41) is 6.48. The first kappa shape index (κ1) is 61.9. The highest BCUT2D eigenvalue weighted by molar-refractivity contribution is 6.26. The molecule has 1 aromatic rings. The van der Waals surface area contributed by atoms with E-state index >= 15 is 9.59 Å². The van der Waals surface area contributed by atoms with Crippen LogP contribution in [0.2, 0.25) is 0 Å². The number of hydrogen-bond acceptors (Lipinski definition) is 7. The number of nitrogens with one attached hydrogen (secondary N) is 3. The van der Waals surface area contributed by atoms with Gasteiger partial charge in [-0.05, 0) is 127 Å². The number of amidine groups is 1. The summed E-state index contributed by atoms with van der Waals surface area (Å²) in [6, 6.07) is 0. The number of anilines is 1. The summed E-state index contributed by atoms with van der Waals surface area (Å²) < 4.78 is 13.9. The van der Waals surface area contributed by atoms with Gasteiger partial charge in [-0.25, -0.2) is 14.6 Å². The first-order chi connectivity index (χ1) is 33.5. The number of aromatic amines is 1. The minimum absolute atomic E-state index is 0.104. The summed E-state index contributed by atoms with van der Waals surface area (Å²) >= 11 is 0. The quantitative estimate of drug-likeness (QED) is 0.141. The maximum Gasteiger partial charge on any atom is 0.342 e. The summed E-state index contributed by atoms with van der Waals surface area (Å²) in [5.74, 6) is 0.110. The van der Waals surface area contributed by atoms with Gasteiger partial charge in [0.1, 0.15) is 35.0 Å². The molecule has 0 spiro atoms. The third kappa shape index (κ3) is 13.3. The molecule has 3 N–H and O–H groups in total. The van der Waals surface area contributed by atoms with E-state index in [0.29, 0.717) is 84.3 Å². The number of carbonyl (C=O) groups excluding carboxylic acids is 4. The van der Waals surface area contributed by atoms with Gasteiger partial charge < -0.3 is 25.1 Å². The number of rotatable bonds is 16. The smallest absolute Gasteiger partial charge is 0.342 e. The molecule has 4 unspecified atom stereocenters. The lowest BCUT2D eigenvalue weighted by Gasteiger charge is -2.50. The van der Waals surface area contributed by atoms with Crippen molar-refractivity contribution in [2.45, 2.75) is 249 Å². The molecule has 2 amide bonds. The molecule has 0 saturated heterocycles. The zero-order valence-electron chi connectivity index (χ0n) is 50.8. The van der Waals surface area contributed by atoms with Crippen molar-refractivity contribution in [1.82, 2.24) is 10.3 Å². The molecule has 0 aromatic carbocycles. The Balaban J connectivity index is 2.09. The van der Waals surface area contributed by atoms with Crippen LogP contribution in [0.25, 0.3) is 6.08 Å². The summed E-state index contributed by atoms with van der Waals surface area (Å²) in [7, 11) is 0. The number of nitrogens with zero attached hydrogens (tertiary/aromatic N) is 1. The first-order valence-corrected chi connectivity index (χ1v) is 28.9. The molecular formula is C63H106N4O6. The van der Waals surface area contributed by atoms with Gasteiger partial charge in [-0.3, -0.25) is 9.59 Å². The largest absolute Gasteiger partial charge is 0.458 e. The Kier molecular flexibility index (Phi) is 19.7. The summed E-state index contributed by atoms with van der Waals surface area (Å²) in [5.41, 5.74) is 1.12. The van der Waals surface area contributed by atoms with Crippen LogP contribution in [0.3, 0.4) is 0 Å².